The molecule has 0 aliphatic carbocycles. The van der Waals surface area contributed by atoms with Gasteiger partial charge in [-0.15, -0.1) is 0 Å². The van der Waals surface area contributed by atoms with Crippen molar-refractivity contribution in [3.63, 3.8) is 0 Å². The monoisotopic (exact) mass is 199 g/mol. The lowest BCUT2D eigenvalue weighted by Gasteiger charge is -2.22. The maximum Gasteiger partial charge on any atom is 0.126 e. The Balaban J connectivity index is 2.87. The molecule has 0 amide bonds. The molecule has 1 aromatic rings. The van der Waals surface area contributed by atoms with E-state index in [9.17, 15) is 8.78 Å². The molecule has 2 N–H and O–H groups in total. The van der Waals surface area contributed by atoms with Crippen LogP contribution in [0.4, 0.5) is 8.78 Å². The third kappa shape index (κ3) is 3.07. The molecule has 0 aliphatic heterocycles. The topological polar surface area (TPSA) is 26.0 Å². The van der Waals surface area contributed by atoms with Gasteiger partial charge in [0.05, 0.1) is 0 Å². The van der Waals surface area contributed by atoms with Crippen LogP contribution < -0.4 is 5.73 Å². The highest BCUT2D eigenvalue weighted by atomic mass is 19.1. The van der Waals surface area contributed by atoms with Gasteiger partial charge >= 0.3 is 0 Å². The predicted octanol–water partition coefficient (Wildman–Crippen LogP) is 2.49. The summed E-state index contributed by atoms with van der Waals surface area (Å²) in [5.41, 5.74) is 6.07. The minimum atomic E-state index is -0.534. The highest BCUT2D eigenvalue weighted by molar-refractivity contribution is 5.19. The van der Waals surface area contributed by atoms with Crippen molar-refractivity contribution in [2.75, 3.05) is 6.54 Å². The molecular weight excluding hydrogens is 184 g/mol. The first-order valence-electron chi connectivity index (χ1n) is 4.58. The average molecular weight is 199 g/mol. The van der Waals surface area contributed by atoms with Crippen molar-refractivity contribution in [2.45, 2.75) is 20.3 Å². The molecule has 0 unspecified atom stereocenters. The molecule has 0 fully saturated rings. The summed E-state index contributed by atoms with van der Waals surface area (Å²) in [7, 11) is 0. The Hall–Kier alpha value is -0.960. The molecule has 0 bridgehead atoms. The van der Waals surface area contributed by atoms with Crippen molar-refractivity contribution in [3.8, 4) is 0 Å². The Morgan fingerprint density at radius 1 is 1.14 bits per heavy atom. The molecule has 0 saturated carbocycles. The van der Waals surface area contributed by atoms with Gasteiger partial charge < -0.3 is 5.73 Å². The zero-order valence-corrected chi connectivity index (χ0v) is 8.48. The van der Waals surface area contributed by atoms with Crippen molar-refractivity contribution >= 4 is 0 Å². The maximum atomic E-state index is 12.8. The number of hydrogen-bond donors (Lipinski definition) is 1. The Morgan fingerprint density at radius 3 is 2.07 bits per heavy atom. The summed E-state index contributed by atoms with van der Waals surface area (Å²) in [4.78, 5) is 0. The van der Waals surface area contributed by atoms with Crippen molar-refractivity contribution < 1.29 is 8.78 Å². The van der Waals surface area contributed by atoms with Gasteiger partial charge in [0, 0.05) is 6.07 Å². The van der Waals surface area contributed by atoms with E-state index in [-0.39, 0.29) is 5.41 Å². The van der Waals surface area contributed by atoms with Crippen LogP contribution in [0.2, 0.25) is 0 Å². The summed E-state index contributed by atoms with van der Waals surface area (Å²) >= 11 is 0. The molecule has 0 heterocycles. The van der Waals surface area contributed by atoms with E-state index in [2.05, 4.69) is 0 Å². The highest BCUT2D eigenvalue weighted by Gasteiger charge is 2.16. The Morgan fingerprint density at radius 2 is 1.64 bits per heavy atom. The second-order valence-corrected chi connectivity index (χ2v) is 4.32. The third-order valence-electron chi connectivity index (χ3n) is 2.16. The lowest BCUT2D eigenvalue weighted by molar-refractivity contribution is 0.375. The molecule has 1 aromatic carbocycles. The Labute approximate surface area is 82.9 Å². The molecule has 0 aromatic heterocycles. The fourth-order valence-corrected chi connectivity index (χ4v) is 1.34. The molecule has 0 spiro atoms. The van der Waals surface area contributed by atoms with E-state index in [0.29, 0.717) is 18.5 Å². The van der Waals surface area contributed by atoms with Gasteiger partial charge in [-0.1, -0.05) is 13.8 Å². The van der Waals surface area contributed by atoms with E-state index < -0.39 is 11.6 Å². The fourth-order valence-electron chi connectivity index (χ4n) is 1.34. The van der Waals surface area contributed by atoms with Crippen LogP contribution >= 0.6 is 0 Å². The number of rotatable bonds is 3. The first-order valence-corrected chi connectivity index (χ1v) is 4.58. The van der Waals surface area contributed by atoms with E-state index in [4.69, 9.17) is 5.73 Å². The van der Waals surface area contributed by atoms with E-state index in [1.165, 1.54) is 12.1 Å². The molecule has 0 aliphatic rings. The van der Waals surface area contributed by atoms with Crippen LogP contribution in [0.25, 0.3) is 0 Å². The van der Waals surface area contributed by atoms with Crippen LogP contribution in [0.3, 0.4) is 0 Å². The summed E-state index contributed by atoms with van der Waals surface area (Å²) < 4.78 is 25.7. The van der Waals surface area contributed by atoms with Crippen molar-refractivity contribution in [3.05, 3.63) is 35.4 Å². The summed E-state index contributed by atoms with van der Waals surface area (Å²) in [6.07, 6.45) is 0.582. The molecule has 0 atom stereocenters. The van der Waals surface area contributed by atoms with Crippen LogP contribution in [0.5, 0.6) is 0 Å². The highest BCUT2D eigenvalue weighted by Crippen LogP contribution is 2.21. The van der Waals surface area contributed by atoms with E-state index in [1.807, 2.05) is 13.8 Å². The lowest BCUT2D eigenvalue weighted by atomic mass is 9.86. The largest absolute Gasteiger partial charge is 0.330 e. The summed E-state index contributed by atoms with van der Waals surface area (Å²) in [5, 5.41) is 0. The van der Waals surface area contributed by atoms with Crippen molar-refractivity contribution in [1.82, 2.24) is 0 Å². The molecule has 3 heteroatoms. The fraction of sp³-hybridized carbons (Fsp3) is 0.455. The number of hydrogen-bond acceptors (Lipinski definition) is 1. The second kappa shape index (κ2) is 4.05. The van der Waals surface area contributed by atoms with Crippen molar-refractivity contribution in [1.29, 1.82) is 0 Å². The van der Waals surface area contributed by atoms with Crippen LogP contribution in [0.1, 0.15) is 19.4 Å². The van der Waals surface area contributed by atoms with Gasteiger partial charge in [-0.2, -0.15) is 0 Å². The third-order valence-corrected chi connectivity index (χ3v) is 2.16. The standard InChI is InChI=1S/C11H15F2N/c1-11(2,7-14)6-8-3-9(12)5-10(13)4-8/h3-5H,6-7,14H2,1-2H3. The minimum Gasteiger partial charge on any atom is -0.330 e. The van der Waals surface area contributed by atoms with Crippen LogP contribution in [0, 0.1) is 17.0 Å². The van der Waals surface area contributed by atoms with Gasteiger partial charge in [-0.25, -0.2) is 8.78 Å². The van der Waals surface area contributed by atoms with Crippen LogP contribution in [0.15, 0.2) is 18.2 Å². The zero-order valence-electron chi connectivity index (χ0n) is 8.48. The van der Waals surface area contributed by atoms with Gasteiger partial charge in [0.1, 0.15) is 11.6 Å². The molecule has 78 valence electrons. The lowest BCUT2D eigenvalue weighted by Crippen LogP contribution is -2.25. The number of benzene rings is 1. The Kier molecular flexibility index (Phi) is 3.21. The van der Waals surface area contributed by atoms with Crippen LogP contribution in [-0.4, -0.2) is 6.54 Å². The molecule has 0 saturated heterocycles. The van der Waals surface area contributed by atoms with E-state index >= 15 is 0 Å². The normalized spacial score (nSPS) is 11.8. The summed E-state index contributed by atoms with van der Waals surface area (Å²) in [5.74, 6) is -1.07. The maximum absolute atomic E-state index is 12.8. The van der Waals surface area contributed by atoms with Gasteiger partial charge in [0.2, 0.25) is 0 Å². The molecule has 0 radical (unpaired) electrons. The number of halogens is 2. The summed E-state index contributed by atoms with van der Waals surface area (Å²) in [6, 6.07) is 3.57. The molecule has 1 nitrogen and oxygen atoms in total. The minimum absolute atomic E-state index is 0.125. The quantitative estimate of drug-likeness (QED) is 0.795. The van der Waals surface area contributed by atoms with E-state index in [0.717, 1.165) is 6.07 Å². The van der Waals surface area contributed by atoms with Gasteiger partial charge in [-0.05, 0) is 36.1 Å². The molecular formula is C11H15F2N. The smallest absolute Gasteiger partial charge is 0.126 e. The average Bonchev–Trinajstić information content (AvgIpc) is 2.01. The Bertz CT molecular complexity index is 301. The molecule has 14 heavy (non-hydrogen) atoms. The van der Waals surface area contributed by atoms with E-state index in [1.54, 1.807) is 0 Å². The summed E-state index contributed by atoms with van der Waals surface area (Å²) in [6.45, 7) is 4.43. The SMILES string of the molecule is CC(C)(CN)Cc1cc(F)cc(F)c1. The number of nitrogens with two attached hydrogens (primary N) is 1. The van der Waals surface area contributed by atoms with Crippen LogP contribution in [-0.2, 0) is 6.42 Å². The first-order chi connectivity index (χ1) is 6.43. The van der Waals surface area contributed by atoms with Gasteiger partial charge in [0.15, 0.2) is 0 Å². The second-order valence-electron chi connectivity index (χ2n) is 4.32. The predicted molar refractivity (Wildman–Crippen MR) is 52.9 cm³/mol. The van der Waals surface area contributed by atoms with Crippen molar-refractivity contribution in [2.24, 2.45) is 11.1 Å². The molecule has 1 rings (SSSR count). The zero-order chi connectivity index (χ0) is 10.8. The van der Waals surface area contributed by atoms with Gasteiger partial charge in [-0.3, -0.25) is 0 Å². The van der Waals surface area contributed by atoms with Gasteiger partial charge in [0.25, 0.3) is 0 Å². The first kappa shape index (κ1) is 11.1.